The van der Waals surface area contributed by atoms with Gasteiger partial charge in [-0.15, -0.1) is 0 Å². The van der Waals surface area contributed by atoms with Crippen LogP contribution < -0.4 is 15.0 Å². The van der Waals surface area contributed by atoms with Crippen LogP contribution in [0.1, 0.15) is 23.6 Å². The topological polar surface area (TPSA) is 63.6 Å². The maximum atomic E-state index is 13.6. The first kappa shape index (κ1) is 23.5. The number of para-hydroxylation sites is 1. The minimum atomic E-state index is -0.516. The molecule has 2 heterocycles. The normalized spacial score (nSPS) is 15.0. The van der Waals surface area contributed by atoms with Crippen LogP contribution in [0.5, 0.6) is 5.75 Å². The van der Waals surface area contributed by atoms with Crippen LogP contribution in [0.3, 0.4) is 0 Å². The number of nitrogens with zero attached hydrogens (tertiary/aromatic N) is 2. The smallest absolute Gasteiger partial charge is 0.270 e. The SMILES string of the molecule is CCOc1cccc(N2C(=O)/C(=C/c3cn(Cc4cccc(C)c4)c4ccccc34)C(=O)NC2=S)c1. The molecular formula is C29H25N3O3S. The second-order valence-electron chi connectivity index (χ2n) is 8.61. The number of anilines is 1. The zero-order chi connectivity index (χ0) is 25.2. The first-order valence-electron chi connectivity index (χ1n) is 11.7. The van der Waals surface area contributed by atoms with E-state index in [2.05, 4.69) is 35.0 Å². The maximum Gasteiger partial charge on any atom is 0.270 e. The van der Waals surface area contributed by atoms with Crippen molar-refractivity contribution in [3.05, 3.63) is 101 Å². The predicted octanol–water partition coefficient (Wildman–Crippen LogP) is 5.23. The lowest BCUT2D eigenvalue weighted by molar-refractivity contribution is -0.122. The minimum absolute atomic E-state index is 0.0175. The van der Waals surface area contributed by atoms with E-state index in [1.54, 1.807) is 24.3 Å². The van der Waals surface area contributed by atoms with Crippen LogP contribution >= 0.6 is 12.2 Å². The van der Waals surface area contributed by atoms with Gasteiger partial charge in [0, 0.05) is 35.3 Å². The van der Waals surface area contributed by atoms with Gasteiger partial charge in [0.05, 0.1) is 12.3 Å². The second-order valence-corrected chi connectivity index (χ2v) is 8.99. The number of hydrogen-bond donors (Lipinski definition) is 1. The minimum Gasteiger partial charge on any atom is -0.494 e. The fourth-order valence-corrected chi connectivity index (χ4v) is 4.74. The molecule has 0 radical (unpaired) electrons. The number of rotatable bonds is 6. The van der Waals surface area contributed by atoms with Crippen LogP contribution in [0.25, 0.3) is 17.0 Å². The first-order chi connectivity index (χ1) is 17.4. The third-order valence-corrected chi connectivity index (χ3v) is 6.33. The predicted molar refractivity (Wildman–Crippen MR) is 146 cm³/mol. The quantitative estimate of drug-likeness (QED) is 0.226. The van der Waals surface area contributed by atoms with Crippen molar-refractivity contribution in [2.24, 2.45) is 0 Å². The summed E-state index contributed by atoms with van der Waals surface area (Å²) in [7, 11) is 0. The third kappa shape index (κ3) is 4.53. The molecular weight excluding hydrogens is 470 g/mol. The largest absolute Gasteiger partial charge is 0.494 e. The van der Waals surface area contributed by atoms with Crippen LogP contribution in [-0.4, -0.2) is 28.1 Å². The molecule has 1 aliphatic rings. The Bertz CT molecular complexity index is 1540. The van der Waals surface area contributed by atoms with Gasteiger partial charge >= 0.3 is 0 Å². The monoisotopic (exact) mass is 495 g/mol. The van der Waals surface area contributed by atoms with Gasteiger partial charge in [0.2, 0.25) is 0 Å². The Balaban J connectivity index is 1.55. The summed E-state index contributed by atoms with van der Waals surface area (Å²) in [5.74, 6) is -0.377. The van der Waals surface area contributed by atoms with E-state index in [-0.39, 0.29) is 10.7 Å². The highest BCUT2D eigenvalue weighted by atomic mass is 32.1. The summed E-state index contributed by atoms with van der Waals surface area (Å²) in [4.78, 5) is 27.8. The molecule has 36 heavy (non-hydrogen) atoms. The average molecular weight is 496 g/mol. The average Bonchev–Trinajstić information content (AvgIpc) is 3.19. The van der Waals surface area contributed by atoms with Crippen LogP contribution in [0.4, 0.5) is 5.69 Å². The lowest BCUT2D eigenvalue weighted by Crippen LogP contribution is -2.54. The van der Waals surface area contributed by atoms with Crippen molar-refractivity contribution in [1.82, 2.24) is 9.88 Å². The molecule has 0 atom stereocenters. The number of carbonyl (C=O) groups excluding carboxylic acids is 2. The standard InChI is InChI=1S/C29H25N3O3S/c1-3-35-23-11-7-10-22(16-23)32-28(34)25(27(33)30-29(32)36)15-21-18-31(26-13-5-4-12-24(21)26)17-20-9-6-8-19(2)14-20/h4-16,18H,3,17H2,1-2H3,(H,30,33,36)/b25-15+. The number of aryl methyl sites for hydroxylation is 1. The van der Waals surface area contributed by atoms with Crippen LogP contribution in [0, 0.1) is 6.92 Å². The summed E-state index contributed by atoms with van der Waals surface area (Å²) in [5, 5.41) is 3.66. The molecule has 0 saturated carbocycles. The van der Waals surface area contributed by atoms with Gasteiger partial charge in [-0.2, -0.15) is 0 Å². The summed E-state index contributed by atoms with van der Waals surface area (Å²) in [5.41, 5.74) is 4.72. The Labute approximate surface area is 214 Å². The molecule has 0 aliphatic carbocycles. The van der Waals surface area contributed by atoms with Gasteiger partial charge in [0.15, 0.2) is 5.11 Å². The Hall–Kier alpha value is -4.23. The molecule has 1 aliphatic heterocycles. The van der Waals surface area contributed by atoms with Gasteiger partial charge in [-0.1, -0.05) is 54.1 Å². The molecule has 180 valence electrons. The van der Waals surface area contributed by atoms with E-state index < -0.39 is 11.8 Å². The number of thiocarbonyl (C=S) groups is 1. The highest BCUT2D eigenvalue weighted by molar-refractivity contribution is 7.80. The van der Waals surface area contributed by atoms with Crippen molar-refractivity contribution in [1.29, 1.82) is 0 Å². The van der Waals surface area contributed by atoms with Crippen molar-refractivity contribution >= 4 is 51.8 Å². The molecule has 2 amide bonds. The number of carbonyl (C=O) groups is 2. The van der Waals surface area contributed by atoms with E-state index in [9.17, 15) is 9.59 Å². The van der Waals surface area contributed by atoms with Gasteiger partial charge in [-0.3, -0.25) is 19.8 Å². The van der Waals surface area contributed by atoms with E-state index in [4.69, 9.17) is 17.0 Å². The molecule has 7 heteroatoms. The molecule has 5 rings (SSSR count). The van der Waals surface area contributed by atoms with Crippen LogP contribution in [0.15, 0.2) is 84.6 Å². The molecule has 0 spiro atoms. The molecule has 4 aromatic rings. The van der Waals surface area contributed by atoms with E-state index in [1.807, 2.05) is 49.5 Å². The van der Waals surface area contributed by atoms with Gasteiger partial charge in [-0.25, -0.2) is 0 Å². The molecule has 1 aromatic heterocycles. The van der Waals surface area contributed by atoms with Crippen molar-refractivity contribution in [2.75, 3.05) is 11.5 Å². The Morgan fingerprint density at radius 1 is 1.00 bits per heavy atom. The van der Waals surface area contributed by atoms with Gasteiger partial charge in [-0.05, 0) is 55.9 Å². The number of fused-ring (bicyclic) bond motifs is 1. The Morgan fingerprint density at radius 2 is 1.81 bits per heavy atom. The van der Waals surface area contributed by atoms with Crippen molar-refractivity contribution in [2.45, 2.75) is 20.4 Å². The first-order valence-corrected chi connectivity index (χ1v) is 12.1. The number of ether oxygens (including phenoxy) is 1. The number of amides is 2. The summed E-state index contributed by atoms with van der Waals surface area (Å²) >= 11 is 5.35. The molecule has 3 aromatic carbocycles. The second kappa shape index (κ2) is 9.79. The lowest BCUT2D eigenvalue weighted by atomic mass is 10.1. The highest BCUT2D eigenvalue weighted by Crippen LogP contribution is 2.28. The molecule has 1 saturated heterocycles. The highest BCUT2D eigenvalue weighted by Gasteiger charge is 2.34. The number of aromatic nitrogens is 1. The number of hydrogen-bond acceptors (Lipinski definition) is 4. The Kier molecular flexibility index (Phi) is 6.40. The van der Waals surface area contributed by atoms with Crippen LogP contribution in [0.2, 0.25) is 0 Å². The molecule has 1 fully saturated rings. The molecule has 6 nitrogen and oxygen atoms in total. The van der Waals surface area contributed by atoms with E-state index in [0.717, 1.165) is 16.5 Å². The van der Waals surface area contributed by atoms with Crippen molar-refractivity contribution in [3.8, 4) is 5.75 Å². The number of nitrogens with one attached hydrogen (secondary N) is 1. The molecule has 0 bridgehead atoms. The van der Waals surface area contributed by atoms with E-state index >= 15 is 0 Å². The molecule has 0 unspecified atom stereocenters. The summed E-state index contributed by atoms with van der Waals surface area (Å²) in [6, 6.07) is 23.4. The summed E-state index contributed by atoms with van der Waals surface area (Å²) in [6.07, 6.45) is 3.63. The van der Waals surface area contributed by atoms with Crippen molar-refractivity contribution in [3.63, 3.8) is 0 Å². The summed E-state index contributed by atoms with van der Waals surface area (Å²) in [6.45, 7) is 5.13. The van der Waals surface area contributed by atoms with Crippen LogP contribution in [-0.2, 0) is 16.1 Å². The van der Waals surface area contributed by atoms with Gasteiger partial charge in [0.1, 0.15) is 11.3 Å². The zero-order valence-corrected chi connectivity index (χ0v) is 20.8. The Morgan fingerprint density at radius 3 is 2.61 bits per heavy atom. The van der Waals surface area contributed by atoms with E-state index in [0.29, 0.717) is 24.6 Å². The third-order valence-electron chi connectivity index (χ3n) is 6.04. The lowest BCUT2D eigenvalue weighted by Gasteiger charge is -2.29. The fourth-order valence-electron chi connectivity index (χ4n) is 4.45. The summed E-state index contributed by atoms with van der Waals surface area (Å²) < 4.78 is 7.71. The maximum absolute atomic E-state index is 13.6. The molecule has 1 N–H and O–H groups in total. The number of benzene rings is 3. The van der Waals surface area contributed by atoms with Gasteiger partial charge in [0.25, 0.3) is 11.8 Å². The fraction of sp³-hybridized carbons (Fsp3) is 0.138. The zero-order valence-electron chi connectivity index (χ0n) is 20.0. The van der Waals surface area contributed by atoms with E-state index in [1.165, 1.54) is 16.0 Å². The van der Waals surface area contributed by atoms with Crippen molar-refractivity contribution < 1.29 is 14.3 Å². The van der Waals surface area contributed by atoms with Gasteiger partial charge < -0.3 is 9.30 Å².